The normalized spacial score (nSPS) is 13.3. The van der Waals surface area contributed by atoms with Crippen LogP contribution in [0.1, 0.15) is 34.1 Å². The summed E-state index contributed by atoms with van der Waals surface area (Å²) in [6.07, 6.45) is 0.270. The Hall–Kier alpha value is -1.10. The minimum absolute atomic E-state index is 0.234. The molecular formula is C11H21NO4. The van der Waals surface area contributed by atoms with Crippen molar-refractivity contribution in [3.05, 3.63) is 0 Å². The summed E-state index contributed by atoms with van der Waals surface area (Å²) in [6.45, 7) is 7.12. The largest absolute Gasteiger partial charge is 0.480 e. The van der Waals surface area contributed by atoms with Gasteiger partial charge >= 0.3 is 5.97 Å². The summed E-state index contributed by atoms with van der Waals surface area (Å²) in [5.74, 6) is -1.23. The lowest BCUT2D eigenvalue weighted by Crippen LogP contribution is -2.47. The first-order valence-electron chi connectivity index (χ1n) is 5.30. The monoisotopic (exact) mass is 231 g/mol. The lowest BCUT2D eigenvalue weighted by atomic mass is 9.97. The van der Waals surface area contributed by atoms with Crippen LogP contribution in [-0.4, -0.2) is 47.2 Å². The van der Waals surface area contributed by atoms with E-state index in [4.69, 9.17) is 9.84 Å². The molecule has 5 heteroatoms. The molecule has 1 unspecified atom stereocenters. The van der Waals surface area contributed by atoms with Gasteiger partial charge in [0.15, 0.2) is 0 Å². The molecule has 1 atom stereocenters. The molecule has 0 aliphatic rings. The van der Waals surface area contributed by atoms with E-state index in [1.54, 1.807) is 20.8 Å². The Morgan fingerprint density at radius 2 is 1.94 bits per heavy atom. The third-order valence-electron chi connectivity index (χ3n) is 2.64. The summed E-state index contributed by atoms with van der Waals surface area (Å²) in [7, 11) is 1.53. The molecule has 0 saturated heterocycles. The Labute approximate surface area is 96.4 Å². The highest BCUT2D eigenvalue weighted by molar-refractivity contribution is 5.82. The molecule has 0 fully saturated rings. The van der Waals surface area contributed by atoms with Crippen LogP contribution >= 0.6 is 0 Å². The summed E-state index contributed by atoms with van der Waals surface area (Å²) in [5, 5.41) is 9.13. The highest BCUT2D eigenvalue weighted by atomic mass is 16.5. The summed E-state index contributed by atoms with van der Waals surface area (Å²) in [5.41, 5.74) is -0.564. The molecule has 16 heavy (non-hydrogen) atoms. The van der Waals surface area contributed by atoms with Crippen LogP contribution in [0.5, 0.6) is 0 Å². The van der Waals surface area contributed by atoms with Crippen LogP contribution in [0.25, 0.3) is 0 Å². The molecule has 1 amide bonds. The fraction of sp³-hybridized carbons (Fsp3) is 0.818. The van der Waals surface area contributed by atoms with Crippen molar-refractivity contribution in [1.82, 2.24) is 4.90 Å². The molecule has 0 aliphatic carbocycles. The second-order valence-corrected chi connectivity index (χ2v) is 4.33. The van der Waals surface area contributed by atoms with Crippen molar-refractivity contribution in [3.8, 4) is 0 Å². The number of nitrogens with zero attached hydrogens (tertiary/aromatic N) is 1. The van der Waals surface area contributed by atoms with Gasteiger partial charge in [-0.2, -0.15) is 0 Å². The predicted molar refractivity (Wildman–Crippen MR) is 60.2 cm³/mol. The van der Waals surface area contributed by atoms with Crippen molar-refractivity contribution in [3.63, 3.8) is 0 Å². The minimum Gasteiger partial charge on any atom is -0.480 e. The summed E-state index contributed by atoms with van der Waals surface area (Å²) in [6, 6.07) is -0.836. The van der Waals surface area contributed by atoms with Gasteiger partial charge in [-0.3, -0.25) is 4.79 Å². The average Bonchev–Trinajstić information content (AvgIpc) is 2.16. The molecule has 94 valence electrons. The number of amides is 1. The lowest BCUT2D eigenvalue weighted by molar-refractivity contribution is -0.152. The van der Waals surface area contributed by atoms with Gasteiger partial charge in [0.05, 0.1) is 5.60 Å². The Kier molecular flexibility index (Phi) is 5.44. The number of carbonyl (C=O) groups is 2. The first kappa shape index (κ1) is 14.9. The van der Waals surface area contributed by atoms with Gasteiger partial charge in [0.1, 0.15) is 6.04 Å². The number of carboxylic acids is 1. The van der Waals surface area contributed by atoms with Crippen molar-refractivity contribution < 1.29 is 19.4 Å². The Morgan fingerprint density at radius 3 is 2.19 bits per heavy atom. The standard InChI is InChI=1S/C11H21NO4/c1-6-12(8(2)13)9(10(14)15)7-11(3,4)16-5/h9H,6-7H2,1-5H3,(H,14,15). The van der Waals surface area contributed by atoms with Gasteiger partial charge in [-0.05, 0) is 20.8 Å². The number of carboxylic acid groups (broad SMARTS) is 1. The van der Waals surface area contributed by atoms with Gasteiger partial charge < -0.3 is 14.7 Å². The third kappa shape index (κ3) is 4.18. The molecule has 1 N–H and O–H groups in total. The van der Waals surface area contributed by atoms with Gasteiger partial charge in [0.25, 0.3) is 0 Å². The van der Waals surface area contributed by atoms with Crippen LogP contribution < -0.4 is 0 Å². The summed E-state index contributed by atoms with van der Waals surface area (Å²) in [4.78, 5) is 23.8. The van der Waals surface area contributed by atoms with Gasteiger partial charge in [0.2, 0.25) is 5.91 Å². The van der Waals surface area contributed by atoms with E-state index in [2.05, 4.69) is 0 Å². The van der Waals surface area contributed by atoms with Crippen molar-refractivity contribution >= 4 is 11.9 Å². The molecule has 0 radical (unpaired) electrons. The molecule has 0 aliphatic heterocycles. The smallest absolute Gasteiger partial charge is 0.326 e. The zero-order valence-corrected chi connectivity index (χ0v) is 10.6. The maximum atomic E-state index is 11.3. The lowest BCUT2D eigenvalue weighted by Gasteiger charge is -2.32. The zero-order valence-electron chi connectivity index (χ0n) is 10.6. The fourth-order valence-electron chi connectivity index (χ4n) is 1.54. The van der Waals surface area contributed by atoms with Crippen LogP contribution in [0.15, 0.2) is 0 Å². The molecule has 0 saturated carbocycles. The number of methoxy groups -OCH3 is 1. The predicted octanol–water partition coefficient (Wildman–Crippen LogP) is 1.12. The van der Waals surface area contributed by atoms with Crippen LogP contribution in [0.2, 0.25) is 0 Å². The topological polar surface area (TPSA) is 66.8 Å². The van der Waals surface area contributed by atoms with E-state index in [9.17, 15) is 9.59 Å². The highest BCUT2D eigenvalue weighted by Crippen LogP contribution is 2.19. The molecule has 0 aromatic carbocycles. The van der Waals surface area contributed by atoms with Crippen LogP contribution in [0.3, 0.4) is 0 Å². The molecule has 0 rings (SSSR count). The second-order valence-electron chi connectivity index (χ2n) is 4.33. The van der Waals surface area contributed by atoms with E-state index in [1.807, 2.05) is 0 Å². The highest BCUT2D eigenvalue weighted by Gasteiger charge is 2.32. The van der Waals surface area contributed by atoms with E-state index in [0.717, 1.165) is 0 Å². The molecule has 0 spiro atoms. The second kappa shape index (κ2) is 5.84. The molecule has 0 bridgehead atoms. The van der Waals surface area contributed by atoms with Crippen molar-refractivity contribution in [2.75, 3.05) is 13.7 Å². The number of hydrogen-bond donors (Lipinski definition) is 1. The molecule has 0 aromatic rings. The fourth-order valence-corrected chi connectivity index (χ4v) is 1.54. The molecule has 5 nitrogen and oxygen atoms in total. The number of likely N-dealkylation sites (N-methyl/N-ethyl adjacent to an activating group) is 1. The van der Waals surface area contributed by atoms with E-state index < -0.39 is 17.6 Å². The summed E-state index contributed by atoms with van der Waals surface area (Å²) >= 11 is 0. The van der Waals surface area contributed by atoms with Gasteiger partial charge in [-0.25, -0.2) is 4.79 Å². The molecule has 0 aromatic heterocycles. The molecule has 0 heterocycles. The van der Waals surface area contributed by atoms with Crippen molar-refractivity contribution in [1.29, 1.82) is 0 Å². The number of ether oxygens (including phenoxy) is 1. The number of aliphatic carboxylic acids is 1. The van der Waals surface area contributed by atoms with Crippen LogP contribution in [-0.2, 0) is 14.3 Å². The number of rotatable bonds is 6. The van der Waals surface area contributed by atoms with Crippen molar-refractivity contribution in [2.24, 2.45) is 0 Å². The SMILES string of the molecule is CCN(C(C)=O)C(CC(C)(C)OC)C(=O)O. The maximum absolute atomic E-state index is 11.3. The van der Waals surface area contributed by atoms with E-state index >= 15 is 0 Å². The molecular weight excluding hydrogens is 210 g/mol. The van der Waals surface area contributed by atoms with E-state index in [1.165, 1.54) is 18.9 Å². The Balaban J connectivity index is 4.87. The first-order chi connectivity index (χ1) is 7.25. The average molecular weight is 231 g/mol. The van der Waals surface area contributed by atoms with E-state index in [0.29, 0.717) is 6.54 Å². The zero-order chi connectivity index (χ0) is 12.9. The van der Waals surface area contributed by atoms with Gasteiger partial charge in [-0.1, -0.05) is 0 Å². The maximum Gasteiger partial charge on any atom is 0.326 e. The van der Waals surface area contributed by atoms with E-state index in [-0.39, 0.29) is 12.3 Å². The Morgan fingerprint density at radius 1 is 1.44 bits per heavy atom. The minimum atomic E-state index is -0.998. The third-order valence-corrected chi connectivity index (χ3v) is 2.64. The number of hydrogen-bond acceptors (Lipinski definition) is 3. The van der Waals surface area contributed by atoms with Gasteiger partial charge in [-0.15, -0.1) is 0 Å². The van der Waals surface area contributed by atoms with Crippen LogP contribution in [0.4, 0.5) is 0 Å². The quantitative estimate of drug-likeness (QED) is 0.744. The van der Waals surface area contributed by atoms with Crippen LogP contribution in [0, 0.1) is 0 Å². The first-order valence-corrected chi connectivity index (χ1v) is 5.30. The number of carbonyl (C=O) groups excluding carboxylic acids is 1. The summed E-state index contributed by atoms with van der Waals surface area (Å²) < 4.78 is 5.19. The van der Waals surface area contributed by atoms with Crippen molar-refractivity contribution in [2.45, 2.75) is 45.8 Å². The Bertz CT molecular complexity index is 263. The van der Waals surface area contributed by atoms with Gasteiger partial charge in [0, 0.05) is 27.0 Å².